The molecule has 8 heteroatoms. The Bertz CT molecular complexity index is 627. The van der Waals surface area contributed by atoms with Crippen LogP contribution in [0, 0.1) is 13.8 Å². The first-order valence-corrected chi connectivity index (χ1v) is 6.03. The van der Waals surface area contributed by atoms with Gasteiger partial charge in [0.15, 0.2) is 0 Å². The third kappa shape index (κ3) is 3.36. The third-order valence-corrected chi connectivity index (χ3v) is 2.73. The van der Waals surface area contributed by atoms with Crippen molar-refractivity contribution in [1.29, 1.82) is 0 Å². The van der Waals surface area contributed by atoms with Gasteiger partial charge in [-0.3, -0.25) is 10.1 Å². The van der Waals surface area contributed by atoms with Gasteiger partial charge in [0.1, 0.15) is 10.3 Å². The fraction of sp³-hybridized carbons (Fsp3) is 0.182. The first kappa shape index (κ1) is 13.6. The molecule has 0 spiro atoms. The largest absolute Gasteiger partial charge is 0.289 e. The standard InChI is InChI=1S/C11H9Cl2N5O/c1-5-6(2)17-18-11(14-5)16-10(19)7-3-8(12)15-9(13)4-7/h3-4H,1-2H3,(H,14,16,18,19). The number of rotatable bonds is 2. The number of hydrogen-bond donors (Lipinski definition) is 1. The molecule has 0 bridgehead atoms. The zero-order chi connectivity index (χ0) is 14.0. The molecule has 2 rings (SSSR count). The van der Waals surface area contributed by atoms with Crippen molar-refractivity contribution in [2.45, 2.75) is 13.8 Å². The number of hydrogen-bond acceptors (Lipinski definition) is 5. The van der Waals surface area contributed by atoms with Gasteiger partial charge in [0.25, 0.3) is 5.91 Å². The van der Waals surface area contributed by atoms with Crippen molar-refractivity contribution in [1.82, 2.24) is 20.2 Å². The van der Waals surface area contributed by atoms with Gasteiger partial charge in [0.2, 0.25) is 5.95 Å². The van der Waals surface area contributed by atoms with E-state index in [1.165, 1.54) is 12.1 Å². The first-order valence-electron chi connectivity index (χ1n) is 5.28. The molecule has 2 aromatic heterocycles. The summed E-state index contributed by atoms with van der Waals surface area (Å²) in [6.07, 6.45) is 0. The van der Waals surface area contributed by atoms with Gasteiger partial charge in [-0.2, -0.15) is 5.10 Å². The van der Waals surface area contributed by atoms with E-state index in [0.717, 1.165) is 0 Å². The monoisotopic (exact) mass is 297 g/mol. The summed E-state index contributed by atoms with van der Waals surface area (Å²) >= 11 is 11.4. The average Bonchev–Trinajstić information content (AvgIpc) is 2.32. The fourth-order valence-corrected chi connectivity index (χ4v) is 1.74. The second kappa shape index (κ2) is 5.46. The third-order valence-electron chi connectivity index (χ3n) is 2.34. The van der Waals surface area contributed by atoms with E-state index in [9.17, 15) is 4.79 Å². The van der Waals surface area contributed by atoms with Crippen LogP contribution in [0.25, 0.3) is 0 Å². The molecule has 19 heavy (non-hydrogen) atoms. The topological polar surface area (TPSA) is 80.7 Å². The highest BCUT2D eigenvalue weighted by molar-refractivity contribution is 6.33. The van der Waals surface area contributed by atoms with Crippen LogP contribution in [0.2, 0.25) is 10.3 Å². The molecule has 1 N–H and O–H groups in total. The van der Waals surface area contributed by atoms with Gasteiger partial charge in [-0.25, -0.2) is 9.97 Å². The summed E-state index contributed by atoms with van der Waals surface area (Å²) in [7, 11) is 0. The number of anilines is 1. The van der Waals surface area contributed by atoms with Crippen LogP contribution in [0.1, 0.15) is 21.7 Å². The molecule has 2 aromatic rings. The number of aryl methyl sites for hydroxylation is 2. The first-order chi connectivity index (χ1) is 8.95. The van der Waals surface area contributed by atoms with Crippen LogP contribution in [-0.4, -0.2) is 26.1 Å². The van der Waals surface area contributed by atoms with Crippen molar-refractivity contribution in [3.05, 3.63) is 39.4 Å². The number of halogens is 2. The van der Waals surface area contributed by atoms with E-state index in [-0.39, 0.29) is 21.8 Å². The number of carbonyl (C=O) groups excluding carboxylic acids is 1. The summed E-state index contributed by atoms with van der Waals surface area (Å²) in [4.78, 5) is 19.8. The summed E-state index contributed by atoms with van der Waals surface area (Å²) < 4.78 is 0. The highest BCUT2D eigenvalue weighted by atomic mass is 35.5. The maximum atomic E-state index is 12.0. The Hall–Kier alpha value is -1.79. The van der Waals surface area contributed by atoms with Gasteiger partial charge in [0, 0.05) is 5.56 Å². The van der Waals surface area contributed by atoms with E-state index in [1.54, 1.807) is 13.8 Å². The Labute approximate surface area is 119 Å². The van der Waals surface area contributed by atoms with Gasteiger partial charge in [-0.1, -0.05) is 23.2 Å². The quantitative estimate of drug-likeness (QED) is 0.861. The molecule has 98 valence electrons. The molecule has 0 atom stereocenters. The Balaban J connectivity index is 2.22. The highest BCUT2D eigenvalue weighted by Gasteiger charge is 2.11. The lowest BCUT2D eigenvalue weighted by molar-refractivity contribution is 0.102. The Morgan fingerprint density at radius 1 is 1.05 bits per heavy atom. The van der Waals surface area contributed by atoms with Crippen LogP contribution in [0.5, 0.6) is 0 Å². The molecule has 0 aromatic carbocycles. The van der Waals surface area contributed by atoms with Crippen LogP contribution in [-0.2, 0) is 0 Å². The zero-order valence-electron chi connectivity index (χ0n) is 10.1. The Kier molecular flexibility index (Phi) is 3.92. The summed E-state index contributed by atoms with van der Waals surface area (Å²) in [5.74, 6) is -0.312. The Morgan fingerprint density at radius 3 is 2.26 bits per heavy atom. The van der Waals surface area contributed by atoms with Crippen molar-refractivity contribution in [3.8, 4) is 0 Å². The summed E-state index contributed by atoms with van der Waals surface area (Å²) in [6.45, 7) is 3.56. The van der Waals surface area contributed by atoms with Gasteiger partial charge < -0.3 is 0 Å². The lowest BCUT2D eigenvalue weighted by Crippen LogP contribution is -2.15. The van der Waals surface area contributed by atoms with E-state index in [0.29, 0.717) is 11.4 Å². The average molecular weight is 298 g/mol. The summed E-state index contributed by atoms with van der Waals surface area (Å²) in [5.41, 5.74) is 1.66. The fourth-order valence-electron chi connectivity index (χ4n) is 1.28. The predicted octanol–water partition coefficient (Wildman–Crippen LogP) is 2.44. The molecular weight excluding hydrogens is 289 g/mol. The lowest BCUT2D eigenvalue weighted by atomic mass is 10.2. The number of pyridine rings is 1. The maximum absolute atomic E-state index is 12.0. The van der Waals surface area contributed by atoms with Crippen molar-refractivity contribution in [3.63, 3.8) is 0 Å². The van der Waals surface area contributed by atoms with Crippen LogP contribution in [0.4, 0.5) is 5.95 Å². The van der Waals surface area contributed by atoms with E-state index < -0.39 is 5.91 Å². The molecule has 6 nitrogen and oxygen atoms in total. The minimum absolute atomic E-state index is 0.122. The molecule has 0 aliphatic rings. The van der Waals surface area contributed by atoms with Gasteiger partial charge in [-0.05, 0) is 26.0 Å². The minimum atomic E-state index is -0.434. The normalized spacial score (nSPS) is 10.3. The molecule has 1 amide bonds. The van der Waals surface area contributed by atoms with Gasteiger partial charge in [0.05, 0.1) is 11.4 Å². The van der Waals surface area contributed by atoms with E-state index in [2.05, 4.69) is 25.5 Å². The molecule has 0 saturated heterocycles. The summed E-state index contributed by atoms with van der Waals surface area (Å²) in [6, 6.07) is 2.80. The molecule has 0 aliphatic carbocycles. The van der Waals surface area contributed by atoms with Crippen LogP contribution in [0.15, 0.2) is 12.1 Å². The van der Waals surface area contributed by atoms with Crippen molar-refractivity contribution in [2.75, 3.05) is 5.32 Å². The van der Waals surface area contributed by atoms with Gasteiger partial charge >= 0.3 is 0 Å². The molecule has 0 aliphatic heterocycles. The zero-order valence-corrected chi connectivity index (χ0v) is 11.6. The van der Waals surface area contributed by atoms with E-state index >= 15 is 0 Å². The van der Waals surface area contributed by atoms with Crippen molar-refractivity contribution < 1.29 is 4.79 Å². The van der Waals surface area contributed by atoms with Crippen LogP contribution >= 0.6 is 23.2 Å². The summed E-state index contributed by atoms with van der Waals surface area (Å²) in [5, 5.41) is 10.4. The SMILES string of the molecule is Cc1nnc(NC(=O)c2cc(Cl)nc(Cl)c2)nc1C. The molecule has 2 heterocycles. The van der Waals surface area contributed by atoms with E-state index in [4.69, 9.17) is 23.2 Å². The molecular formula is C11H9Cl2N5O. The van der Waals surface area contributed by atoms with E-state index in [1.807, 2.05) is 0 Å². The number of nitrogens with zero attached hydrogens (tertiary/aromatic N) is 4. The highest BCUT2D eigenvalue weighted by Crippen LogP contribution is 2.15. The lowest BCUT2D eigenvalue weighted by Gasteiger charge is -2.05. The molecule has 0 radical (unpaired) electrons. The minimum Gasteiger partial charge on any atom is -0.289 e. The number of amides is 1. The predicted molar refractivity (Wildman–Crippen MR) is 71.5 cm³/mol. The molecule has 0 unspecified atom stereocenters. The molecule has 0 fully saturated rings. The molecule has 0 saturated carbocycles. The Morgan fingerprint density at radius 2 is 1.68 bits per heavy atom. The van der Waals surface area contributed by atoms with Crippen molar-refractivity contribution in [2.24, 2.45) is 0 Å². The second-order valence-electron chi connectivity index (χ2n) is 3.76. The van der Waals surface area contributed by atoms with Crippen LogP contribution in [0.3, 0.4) is 0 Å². The van der Waals surface area contributed by atoms with Gasteiger partial charge in [-0.15, -0.1) is 5.10 Å². The second-order valence-corrected chi connectivity index (χ2v) is 4.54. The maximum Gasteiger partial charge on any atom is 0.258 e. The number of carbonyl (C=O) groups is 1. The number of nitrogens with one attached hydrogen (secondary N) is 1. The van der Waals surface area contributed by atoms with Crippen molar-refractivity contribution >= 4 is 35.1 Å². The smallest absolute Gasteiger partial charge is 0.258 e. The number of aromatic nitrogens is 4. The van der Waals surface area contributed by atoms with Crippen LogP contribution < -0.4 is 5.32 Å².